The molecule has 1 aromatic carbocycles. The van der Waals surface area contributed by atoms with Crippen LogP contribution in [-0.2, 0) is 4.79 Å². The zero-order valence-corrected chi connectivity index (χ0v) is 18.0. The first-order valence-electron chi connectivity index (χ1n) is 11.3. The predicted octanol–water partition coefficient (Wildman–Crippen LogP) is 3.84. The van der Waals surface area contributed by atoms with Crippen LogP contribution in [0.2, 0.25) is 0 Å². The molecule has 0 unspecified atom stereocenters. The minimum Gasteiger partial charge on any atom is -0.355 e. The average molecular weight is 419 g/mol. The molecule has 30 heavy (non-hydrogen) atoms. The van der Waals surface area contributed by atoms with Gasteiger partial charge in [-0.3, -0.25) is 9.69 Å². The quantitative estimate of drug-likeness (QED) is 0.707. The van der Waals surface area contributed by atoms with Gasteiger partial charge in [0, 0.05) is 44.3 Å². The van der Waals surface area contributed by atoms with Crippen LogP contribution in [0, 0.1) is 11.7 Å². The Bertz CT molecular complexity index is 714. The monoisotopic (exact) mass is 418 g/mol. The summed E-state index contributed by atoms with van der Waals surface area (Å²) in [5.74, 6) is 0.0518. The average Bonchev–Trinajstić information content (AvgIpc) is 2.74. The lowest BCUT2D eigenvalue weighted by atomic mass is 9.93. The molecule has 2 aliphatic rings. The molecular weight excluding hydrogens is 383 g/mol. The highest BCUT2D eigenvalue weighted by Gasteiger charge is 2.24. The number of carbonyl (C=O) groups excluding carboxylic acids is 2. The summed E-state index contributed by atoms with van der Waals surface area (Å²) in [4.78, 5) is 29.0. The van der Waals surface area contributed by atoms with Crippen LogP contribution < -0.4 is 10.6 Å². The third-order valence-corrected chi connectivity index (χ3v) is 6.32. The number of nitrogens with one attached hydrogen (secondary N) is 2. The highest BCUT2D eigenvalue weighted by Crippen LogP contribution is 2.22. The van der Waals surface area contributed by atoms with Crippen molar-refractivity contribution in [3.05, 3.63) is 30.1 Å². The molecule has 3 rings (SSSR count). The Labute approximate surface area is 179 Å². The van der Waals surface area contributed by atoms with Crippen LogP contribution in [0.15, 0.2) is 24.3 Å². The fraction of sp³-hybridized carbons (Fsp3) is 0.652. The Kier molecular flexibility index (Phi) is 8.49. The first kappa shape index (κ1) is 22.5. The van der Waals surface area contributed by atoms with E-state index in [2.05, 4.69) is 22.5 Å². The van der Waals surface area contributed by atoms with Gasteiger partial charge in [-0.2, -0.15) is 0 Å². The number of benzene rings is 1. The zero-order chi connectivity index (χ0) is 21.3. The Morgan fingerprint density at radius 3 is 2.83 bits per heavy atom. The van der Waals surface area contributed by atoms with Crippen LogP contribution in [0.1, 0.15) is 51.9 Å². The van der Waals surface area contributed by atoms with Gasteiger partial charge in [0.2, 0.25) is 5.91 Å². The van der Waals surface area contributed by atoms with Crippen LogP contribution in [0.5, 0.6) is 0 Å². The van der Waals surface area contributed by atoms with Gasteiger partial charge in [-0.15, -0.1) is 0 Å². The molecule has 0 aliphatic carbocycles. The number of likely N-dealkylation sites (tertiary alicyclic amines) is 2. The second kappa shape index (κ2) is 11.3. The second-order valence-corrected chi connectivity index (χ2v) is 8.66. The van der Waals surface area contributed by atoms with Crippen molar-refractivity contribution in [1.82, 2.24) is 15.1 Å². The maximum Gasteiger partial charge on any atom is 0.321 e. The first-order chi connectivity index (χ1) is 14.5. The number of halogens is 1. The summed E-state index contributed by atoms with van der Waals surface area (Å²) in [5, 5.41) is 5.82. The molecule has 3 amide bonds. The van der Waals surface area contributed by atoms with Gasteiger partial charge < -0.3 is 15.5 Å². The summed E-state index contributed by atoms with van der Waals surface area (Å²) in [5.41, 5.74) is 0.463. The van der Waals surface area contributed by atoms with E-state index in [-0.39, 0.29) is 17.8 Å². The Morgan fingerprint density at radius 2 is 2.03 bits per heavy atom. The molecule has 0 spiro atoms. The van der Waals surface area contributed by atoms with Crippen LogP contribution in [0.4, 0.5) is 14.9 Å². The van der Waals surface area contributed by atoms with Crippen LogP contribution in [0.25, 0.3) is 0 Å². The van der Waals surface area contributed by atoms with Crippen molar-refractivity contribution in [2.24, 2.45) is 5.92 Å². The minimum atomic E-state index is -0.370. The van der Waals surface area contributed by atoms with Crippen molar-refractivity contribution >= 4 is 17.6 Å². The van der Waals surface area contributed by atoms with Crippen molar-refractivity contribution in [3.63, 3.8) is 0 Å². The summed E-state index contributed by atoms with van der Waals surface area (Å²) in [6.45, 7) is 6.35. The highest BCUT2D eigenvalue weighted by atomic mass is 19.1. The molecule has 2 saturated heterocycles. The summed E-state index contributed by atoms with van der Waals surface area (Å²) in [7, 11) is 0. The van der Waals surface area contributed by atoms with Crippen molar-refractivity contribution < 1.29 is 14.0 Å². The molecule has 0 radical (unpaired) electrons. The fourth-order valence-electron chi connectivity index (χ4n) is 4.51. The number of hydrogen-bond donors (Lipinski definition) is 2. The van der Waals surface area contributed by atoms with Crippen molar-refractivity contribution in [2.75, 3.05) is 38.0 Å². The standard InChI is InChI=1S/C23H35FN4O2/c1-18-6-2-3-13-27(18)15-12-25-22(29)11-10-19-7-5-14-28(17-19)23(30)26-21-9-4-8-20(24)16-21/h4,8-9,16,18-19H,2-3,5-7,10-15,17H2,1H3,(H,25,29)(H,26,30)/t18-,19+/m1/s1. The lowest BCUT2D eigenvalue weighted by molar-refractivity contribution is -0.121. The topological polar surface area (TPSA) is 64.7 Å². The van der Waals surface area contributed by atoms with Crippen LogP contribution in [-0.4, -0.2) is 60.5 Å². The van der Waals surface area contributed by atoms with E-state index in [1.807, 2.05) is 0 Å². The van der Waals surface area contributed by atoms with Crippen molar-refractivity contribution in [1.29, 1.82) is 0 Å². The van der Waals surface area contributed by atoms with Crippen molar-refractivity contribution in [2.45, 2.75) is 57.9 Å². The molecule has 2 atom stereocenters. The molecule has 2 fully saturated rings. The van der Waals surface area contributed by atoms with Crippen molar-refractivity contribution in [3.8, 4) is 0 Å². The number of nitrogens with zero attached hydrogens (tertiary/aromatic N) is 2. The second-order valence-electron chi connectivity index (χ2n) is 8.66. The molecule has 0 aromatic heterocycles. The fourth-order valence-corrected chi connectivity index (χ4v) is 4.51. The molecule has 6 nitrogen and oxygen atoms in total. The SMILES string of the molecule is C[C@@H]1CCCCN1CCNC(=O)CC[C@@H]1CCCN(C(=O)Nc2cccc(F)c2)C1. The number of amides is 3. The van der Waals surface area contributed by atoms with Gasteiger partial charge in [0.25, 0.3) is 0 Å². The maximum atomic E-state index is 13.3. The van der Waals surface area contributed by atoms with Crippen LogP contribution in [0.3, 0.4) is 0 Å². The van der Waals surface area contributed by atoms with E-state index >= 15 is 0 Å². The maximum absolute atomic E-state index is 13.3. The molecule has 2 N–H and O–H groups in total. The van der Waals surface area contributed by atoms with Gasteiger partial charge in [-0.1, -0.05) is 12.5 Å². The largest absolute Gasteiger partial charge is 0.355 e. The van der Waals surface area contributed by atoms with Gasteiger partial charge in [0.15, 0.2) is 0 Å². The van der Waals surface area contributed by atoms with Crippen LogP contribution >= 0.6 is 0 Å². The normalized spacial score (nSPS) is 22.5. The smallest absolute Gasteiger partial charge is 0.321 e. The first-order valence-corrected chi connectivity index (χ1v) is 11.3. The molecule has 1 aromatic rings. The highest BCUT2D eigenvalue weighted by molar-refractivity contribution is 5.89. The molecule has 166 valence electrons. The summed E-state index contributed by atoms with van der Waals surface area (Å²) < 4.78 is 13.3. The Hall–Kier alpha value is -2.15. The summed E-state index contributed by atoms with van der Waals surface area (Å²) >= 11 is 0. The molecule has 2 aliphatic heterocycles. The van der Waals surface area contributed by atoms with Gasteiger partial charge in [-0.05, 0) is 69.7 Å². The van der Waals surface area contributed by atoms with E-state index in [1.54, 1.807) is 17.0 Å². The number of piperidine rings is 2. The molecular formula is C23H35FN4O2. The van der Waals surface area contributed by atoms with E-state index in [0.29, 0.717) is 43.7 Å². The van der Waals surface area contributed by atoms with Gasteiger partial charge in [0.05, 0.1) is 0 Å². The summed E-state index contributed by atoms with van der Waals surface area (Å²) in [6, 6.07) is 6.33. The van der Waals surface area contributed by atoms with E-state index in [4.69, 9.17) is 0 Å². The lowest BCUT2D eigenvalue weighted by Gasteiger charge is -2.33. The Balaban J connectivity index is 1.35. The third kappa shape index (κ3) is 6.97. The van der Waals surface area contributed by atoms with E-state index in [0.717, 1.165) is 32.4 Å². The number of anilines is 1. The Morgan fingerprint density at radius 1 is 1.17 bits per heavy atom. The van der Waals surface area contributed by atoms with Gasteiger partial charge >= 0.3 is 6.03 Å². The third-order valence-electron chi connectivity index (χ3n) is 6.32. The molecule has 7 heteroatoms. The number of urea groups is 1. The number of hydrogen-bond acceptors (Lipinski definition) is 3. The van der Waals surface area contributed by atoms with E-state index in [1.165, 1.54) is 31.4 Å². The minimum absolute atomic E-state index is 0.0981. The van der Waals surface area contributed by atoms with Gasteiger partial charge in [-0.25, -0.2) is 9.18 Å². The van der Waals surface area contributed by atoms with Gasteiger partial charge in [0.1, 0.15) is 5.82 Å². The lowest BCUT2D eigenvalue weighted by Crippen LogP contribution is -2.43. The zero-order valence-electron chi connectivity index (χ0n) is 18.0. The molecule has 0 saturated carbocycles. The molecule has 2 heterocycles. The summed E-state index contributed by atoms with van der Waals surface area (Å²) in [6.07, 6.45) is 7.05. The number of rotatable bonds is 7. The number of carbonyl (C=O) groups is 2. The molecule has 0 bridgehead atoms. The predicted molar refractivity (Wildman–Crippen MR) is 117 cm³/mol. The van der Waals surface area contributed by atoms with E-state index in [9.17, 15) is 14.0 Å². The van der Waals surface area contributed by atoms with E-state index < -0.39 is 0 Å².